The van der Waals surface area contributed by atoms with Crippen molar-refractivity contribution in [1.82, 2.24) is 0 Å². The van der Waals surface area contributed by atoms with Crippen LogP contribution in [0, 0.1) is 0 Å². The van der Waals surface area contributed by atoms with Gasteiger partial charge in [-0.1, -0.05) is 29.8 Å². The van der Waals surface area contributed by atoms with E-state index < -0.39 is 0 Å². The first-order chi connectivity index (χ1) is 13.9. The Morgan fingerprint density at radius 2 is 1.90 bits per heavy atom. The Morgan fingerprint density at radius 3 is 2.62 bits per heavy atom. The fourth-order valence-electron chi connectivity index (χ4n) is 3.89. The number of nitrogens with one attached hydrogen (secondary N) is 1. The van der Waals surface area contributed by atoms with Gasteiger partial charge in [0.15, 0.2) is 11.5 Å². The number of benzene rings is 2. The number of nitrogens with zero attached hydrogens (tertiary/aromatic N) is 1. The summed E-state index contributed by atoms with van der Waals surface area (Å²) in [5, 5.41) is 3.23. The van der Waals surface area contributed by atoms with Gasteiger partial charge >= 0.3 is 0 Å². The maximum atomic E-state index is 12.8. The summed E-state index contributed by atoms with van der Waals surface area (Å²) in [5.41, 5.74) is 7.75. The Morgan fingerprint density at radius 1 is 1.21 bits per heavy atom. The number of amides is 2. The summed E-state index contributed by atoms with van der Waals surface area (Å²) in [6, 6.07) is 10.8. The second-order valence-corrected chi connectivity index (χ2v) is 7.66. The molecular weight excluding hydrogens is 394 g/mol. The molecule has 4 rings (SSSR count). The first-order valence-electron chi connectivity index (χ1n) is 9.48. The summed E-state index contributed by atoms with van der Waals surface area (Å²) in [7, 11) is 0. The molecule has 152 valence electrons. The van der Waals surface area contributed by atoms with E-state index in [2.05, 4.69) is 5.32 Å². The monoisotopic (exact) mass is 415 g/mol. The fourth-order valence-corrected chi connectivity index (χ4v) is 4.09. The van der Waals surface area contributed by atoms with E-state index >= 15 is 0 Å². The van der Waals surface area contributed by atoms with Crippen LogP contribution in [0.25, 0.3) is 0 Å². The topological polar surface area (TPSA) is 93.9 Å². The van der Waals surface area contributed by atoms with Gasteiger partial charge in [0, 0.05) is 23.9 Å². The lowest BCUT2D eigenvalue weighted by atomic mass is 9.85. The number of hydrogen-bond acceptors (Lipinski definition) is 5. The van der Waals surface area contributed by atoms with Crippen molar-refractivity contribution in [2.24, 2.45) is 5.73 Å². The van der Waals surface area contributed by atoms with Crippen LogP contribution in [0.5, 0.6) is 11.5 Å². The summed E-state index contributed by atoms with van der Waals surface area (Å²) >= 11 is 6.30. The normalized spacial score (nSPS) is 20.0. The SMILES string of the molecule is C[C@@H]1C[C@@H](C(N)=O)c2ccccc2N1CC(=O)Nc1cc2c(cc1Cl)OCCO2. The maximum Gasteiger partial charge on any atom is 0.243 e. The molecule has 0 saturated heterocycles. The number of halogens is 1. The van der Waals surface area contributed by atoms with E-state index in [-0.39, 0.29) is 30.3 Å². The highest BCUT2D eigenvalue weighted by Gasteiger charge is 2.33. The molecule has 0 saturated carbocycles. The minimum Gasteiger partial charge on any atom is -0.486 e. The number of para-hydroxylation sites is 1. The van der Waals surface area contributed by atoms with Crippen LogP contribution in [0.15, 0.2) is 36.4 Å². The van der Waals surface area contributed by atoms with E-state index in [0.29, 0.717) is 41.8 Å². The highest BCUT2D eigenvalue weighted by molar-refractivity contribution is 6.34. The van der Waals surface area contributed by atoms with Crippen molar-refractivity contribution in [2.45, 2.75) is 25.3 Å². The lowest BCUT2D eigenvalue weighted by Crippen LogP contribution is -2.45. The molecule has 8 heteroatoms. The summed E-state index contributed by atoms with van der Waals surface area (Å²) in [5.74, 6) is 0.194. The minimum atomic E-state index is -0.354. The zero-order valence-electron chi connectivity index (χ0n) is 16.0. The van der Waals surface area contributed by atoms with Gasteiger partial charge in [0.1, 0.15) is 13.2 Å². The Bertz CT molecular complexity index is 965. The molecule has 7 nitrogen and oxygen atoms in total. The number of nitrogens with two attached hydrogens (primary N) is 1. The van der Waals surface area contributed by atoms with Gasteiger partial charge in [-0.25, -0.2) is 0 Å². The number of rotatable bonds is 4. The number of anilines is 2. The number of ether oxygens (including phenoxy) is 2. The van der Waals surface area contributed by atoms with Gasteiger partial charge in [0.2, 0.25) is 11.8 Å². The number of primary amides is 1. The molecule has 0 aromatic heterocycles. The average Bonchev–Trinajstić information content (AvgIpc) is 2.70. The van der Waals surface area contributed by atoms with E-state index in [0.717, 1.165) is 11.3 Å². The largest absolute Gasteiger partial charge is 0.486 e. The summed E-state index contributed by atoms with van der Waals surface area (Å²) < 4.78 is 11.1. The summed E-state index contributed by atoms with van der Waals surface area (Å²) in [6.45, 7) is 3.02. The third-order valence-electron chi connectivity index (χ3n) is 5.29. The van der Waals surface area contributed by atoms with E-state index in [4.69, 9.17) is 26.8 Å². The molecular formula is C21H22ClN3O4. The van der Waals surface area contributed by atoms with Crippen molar-refractivity contribution in [3.8, 4) is 11.5 Å². The van der Waals surface area contributed by atoms with Crippen LogP contribution in [0.3, 0.4) is 0 Å². The molecule has 2 amide bonds. The van der Waals surface area contributed by atoms with Crippen molar-refractivity contribution < 1.29 is 19.1 Å². The number of fused-ring (bicyclic) bond motifs is 2. The zero-order valence-corrected chi connectivity index (χ0v) is 16.7. The van der Waals surface area contributed by atoms with Crippen molar-refractivity contribution in [2.75, 3.05) is 30.0 Å². The third kappa shape index (κ3) is 3.82. The molecule has 2 aromatic carbocycles. The quantitative estimate of drug-likeness (QED) is 0.800. The first-order valence-corrected chi connectivity index (χ1v) is 9.85. The lowest BCUT2D eigenvalue weighted by molar-refractivity contribution is -0.119. The molecule has 2 heterocycles. The number of carbonyl (C=O) groups is 2. The van der Waals surface area contributed by atoms with Crippen molar-refractivity contribution in [3.63, 3.8) is 0 Å². The number of hydrogen-bond donors (Lipinski definition) is 2. The van der Waals surface area contributed by atoms with Gasteiger partial charge in [-0.3, -0.25) is 9.59 Å². The van der Waals surface area contributed by atoms with Gasteiger partial charge in [-0.15, -0.1) is 0 Å². The Labute approximate surface area is 173 Å². The van der Waals surface area contributed by atoms with Gasteiger partial charge in [0.25, 0.3) is 0 Å². The molecule has 0 unspecified atom stereocenters. The van der Waals surface area contributed by atoms with Crippen LogP contribution in [-0.2, 0) is 9.59 Å². The average molecular weight is 416 g/mol. The van der Waals surface area contributed by atoms with E-state index in [1.807, 2.05) is 36.1 Å². The number of carbonyl (C=O) groups excluding carboxylic acids is 2. The zero-order chi connectivity index (χ0) is 20.5. The van der Waals surface area contributed by atoms with Gasteiger partial charge in [-0.2, -0.15) is 0 Å². The second kappa shape index (κ2) is 7.83. The van der Waals surface area contributed by atoms with Gasteiger partial charge in [0.05, 0.1) is 23.2 Å². The Kier molecular flexibility index (Phi) is 5.24. The lowest BCUT2D eigenvalue weighted by Gasteiger charge is -2.39. The molecule has 0 spiro atoms. The molecule has 0 radical (unpaired) electrons. The maximum absolute atomic E-state index is 12.8. The Balaban J connectivity index is 1.54. The van der Waals surface area contributed by atoms with Crippen molar-refractivity contribution >= 4 is 34.8 Å². The highest BCUT2D eigenvalue weighted by Crippen LogP contribution is 2.39. The van der Waals surface area contributed by atoms with Crippen LogP contribution in [0.4, 0.5) is 11.4 Å². The fraction of sp³-hybridized carbons (Fsp3) is 0.333. The van der Waals surface area contributed by atoms with Crippen LogP contribution < -0.4 is 25.4 Å². The van der Waals surface area contributed by atoms with E-state index in [1.54, 1.807) is 12.1 Å². The van der Waals surface area contributed by atoms with Crippen LogP contribution >= 0.6 is 11.6 Å². The predicted molar refractivity (Wildman–Crippen MR) is 111 cm³/mol. The molecule has 2 aromatic rings. The third-order valence-corrected chi connectivity index (χ3v) is 5.61. The molecule has 2 atom stereocenters. The van der Waals surface area contributed by atoms with Crippen LogP contribution in [0.2, 0.25) is 5.02 Å². The highest BCUT2D eigenvalue weighted by atomic mass is 35.5. The molecule has 2 aliphatic heterocycles. The first kappa shape index (κ1) is 19.4. The molecule has 0 aliphatic carbocycles. The van der Waals surface area contributed by atoms with Crippen LogP contribution in [-0.4, -0.2) is 37.6 Å². The van der Waals surface area contributed by atoms with Crippen molar-refractivity contribution in [3.05, 3.63) is 47.0 Å². The molecule has 29 heavy (non-hydrogen) atoms. The van der Waals surface area contributed by atoms with E-state index in [1.165, 1.54) is 0 Å². The predicted octanol–water partition coefficient (Wildman–Crippen LogP) is 2.92. The molecule has 3 N–H and O–H groups in total. The van der Waals surface area contributed by atoms with Gasteiger partial charge < -0.3 is 25.4 Å². The smallest absolute Gasteiger partial charge is 0.243 e. The second-order valence-electron chi connectivity index (χ2n) is 7.25. The Hall–Kier alpha value is -2.93. The van der Waals surface area contributed by atoms with Crippen LogP contribution in [0.1, 0.15) is 24.8 Å². The van der Waals surface area contributed by atoms with E-state index in [9.17, 15) is 9.59 Å². The molecule has 0 fully saturated rings. The molecule has 2 aliphatic rings. The molecule has 0 bridgehead atoms. The minimum absolute atomic E-state index is 0.0242. The summed E-state index contributed by atoms with van der Waals surface area (Å²) in [6.07, 6.45) is 0.560. The standard InChI is InChI=1S/C21H22ClN3O4/c1-12-8-14(21(23)27)13-4-2-3-5-17(13)25(12)11-20(26)24-16-10-19-18(9-15(16)22)28-6-7-29-19/h2-5,9-10,12,14H,6-8,11H2,1H3,(H2,23,27)(H,24,26)/t12-,14-/m1/s1. The van der Waals surface area contributed by atoms with Gasteiger partial charge in [-0.05, 0) is 25.0 Å². The summed E-state index contributed by atoms with van der Waals surface area (Å²) in [4.78, 5) is 26.7. The van der Waals surface area contributed by atoms with Crippen molar-refractivity contribution in [1.29, 1.82) is 0 Å².